The summed E-state index contributed by atoms with van der Waals surface area (Å²) in [5.41, 5.74) is 10.7. The van der Waals surface area contributed by atoms with Crippen molar-refractivity contribution >= 4 is 11.3 Å². The van der Waals surface area contributed by atoms with Crippen molar-refractivity contribution in [3.05, 3.63) is 77.5 Å². The van der Waals surface area contributed by atoms with Crippen LogP contribution in [0.5, 0.6) is 0 Å². The molecule has 4 heteroatoms. The number of pyridine rings is 1. The van der Waals surface area contributed by atoms with Gasteiger partial charge in [0.15, 0.2) is 0 Å². The number of aromatic nitrogens is 1. The molecule has 0 spiro atoms. The maximum absolute atomic E-state index is 4.32. The molecule has 0 fully saturated rings. The Morgan fingerprint density at radius 2 is 1.92 bits per heavy atom. The van der Waals surface area contributed by atoms with E-state index in [0.29, 0.717) is 12.0 Å². The summed E-state index contributed by atoms with van der Waals surface area (Å²) in [7, 11) is 0. The van der Waals surface area contributed by atoms with Crippen LogP contribution in [0.2, 0.25) is 0 Å². The molecule has 1 N–H and O–H groups in total. The molecule has 3 heterocycles. The van der Waals surface area contributed by atoms with Gasteiger partial charge < -0.3 is 10.3 Å². The average Bonchev–Trinajstić information content (AvgIpc) is 3.06. The second-order valence-electron chi connectivity index (χ2n) is 7.50. The van der Waals surface area contributed by atoms with Crippen molar-refractivity contribution in [2.75, 3.05) is 11.4 Å². The number of nitrogens with one attached hydrogen (secondary N) is 1. The first-order valence-corrected chi connectivity index (χ1v) is 9.30. The number of allylic oxidation sites excluding steroid dienone is 1. The van der Waals surface area contributed by atoms with E-state index >= 15 is 0 Å². The molecule has 2 aliphatic heterocycles. The zero-order valence-electron chi connectivity index (χ0n) is 15.9. The molecular weight excluding hydrogens is 320 g/mol. The molecule has 1 aromatic heterocycles. The summed E-state index contributed by atoms with van der Waals surface area (Å²) in [6, 6.07) is 13.5. The molecule has 0 aliphatic carbocycles. The Labute approximate surface area is 155 Å². The quantitative estimate of drug-likeness (QED) is 0.891. The lowest BCUT2D eigenvalue weighted by atomic mass is 10.0. The highest BCUT2D eigenvalue weighted by Gasteiger charge is 2.31. The van der Waals surface area contributed by atoms with Gasteiger partial charge in [-0.05, 0) is 55.2 Å². The lowest BCUT2D eigenvalue weighted by molar-refractivity contribution is 0.232. The molecule has 0 bridgehead atoms. The van der Waals surface area contributed by atoms with Crippen LogP contribution >= 0.6 is 0 Å². The highest BCUT2D eigenvalue weighted by molar-refractivity contribution is 5.81. The predicted octanol–water partition coefficient (Wildman–Crippen LogP) is 4.42. The summed E-state index contributed by atoms with van der Waals surface area (Å²) in [4.78, 5) is 6.68. The highest BCUT2D eigenvalue weighted by atomic mass is 15.6. The van der Waals surface area contributed by atoms with Crippen molar-refractivity contribution in [2.45, 2.75) is 39.7 Å². The van der Waals surface area contributed by atoms with Gasteiger partial charge in [-0.2, -0.15) is 0 Å². The summed E-state index contributed by atoms with van der Waals surface area (Å²) in [5.74, 6) is 0.557. The predicted molar refractivity (Wildman–Crippen MR) is 107 cm³/mol. The topological polar surface area (TPSA) is 31.4 Å². The SMILES string of the molecule is Cc1cc(C2=CNN3C2=CN(c2ccc(C(C)C)cc2)C[C@@H]3C)ccn1. The Hall–Kier alpha value is -2.75. The Morgan fingerprint density at radius 3 is 2.62 bits per heavy atom. The standard InChI is InChI=1S/C22H26N4/c1-15(2)18-5-7-20(8-6-18)25-13-17(4)26-22(14-25)21(12-24-26)19-9-10-23-16(3)11-19/h5-12,14-15,17,24H,13H2,1-4H3/t17-/m0/s1. The van der Waals surface area contributed by atoms with Gasteiger partial charge in [0.05, 0.1) is 11.7 Å². The smallest absolute Gasteiger partial charge is 0.0831 e. The zero-order valence-corrected chi connectivity index (χ0v) is 15.9. The maximum Gasteiger partial charge on any atom is 0.0831 e. The van der Waals surface area contributed by atoms with E-state index in [1.807, 2.05) is 13.1 Å². The van der Waals surface area contributed by atoms with Crippen LogP contribution in [-0.4, -0.2) is 22.6 Å². The number of anilines is 1. The highest BCUT2D eigenvalue weighted by Crippen LogP contribution is 2.35. The molecule has 2 aromatic rings. The first-order chi connectivity index (χ1) is 12.5. The van der Waals surface area contributed by atoms with Crippen molar-refractivity contribution in [1.82, 2.24) is 15.4 Å². The Kier molecular flexibility index (Phi) is 4.19. The molecule has 1 aromatic carbocycles. The molecule has 134 valence electrons. The number of nitrogens with zero attached hydrogens (tertiary/aromatic N) is 3. The summed E-state index contributed by atoms with van der Waals surface area (Å²) in [6.07, 6.45) is 6.23. The lowest BCUT2D eigenvalue weighted by Crippen LogP contribution is -2.47. The van der Waals surface area contributed by atoms with Gasteiger partial charge >= 0.3 is 0 Å². The number of hydrogen-bond donors (Lipinski definition) is 1. The molecule has 4 nitrogen and oxygen atoms in total. The van der Waals surface area contributed by atoms with Crippen LogP contribution in [0.25, 0.3) is 5.57 Å². The van der Waals surface area contributed by atoms with Crippen molar-refractivity contribution in [2.24, 2.45) is 0 Å². The van der Waals surface area contributed by atoms with Crippen LogP contribution in [0.3, 0.4) is 0 Å². The van der Waals surface area contributed by atoms with Gasteiger partial charge in [-0.1, -0.05) is 26.0 Å². The second-order valence-corrected chi connectivity index (χ2v) is 7.50. The normalized spacial score (nSPS) is 19.2. The molecule has 4 rings (SSSR count). The zero-order chi connectivity index (χ0) is 18.3. The maximum atomic E-state index is 4.32. The summed E-state index contributed by atoms with van der Waals surface area (Å²) >= 11 is 0. The molecular formula is C22H26N4. The molecule has 0 amide bonds. The van der Waals surface area contributed by atoms with E-state index in [-0.39, 0.29) is 0 Å². The first-order valence-electron chi connectivity index (χ1n) is 9.30. The monoisotopic (exact) mass is 346 g/mol. The van der Waals surface area contributed by atoms with Crippen LogP contribution in [0, 0.1) is 6.92 Å². The fourth-order valence-electron chi connectivity index (χ4n) is 3.65. The fraction of sp³-hybridized carbons (Fsp3) is 0.318. The van der Waals surface area contributed by atoms with Gasteiger partial charge in [0.25, 0.3) is 0 Å². The molecule has 1 atom stereocenters. The molecule has 26 heavy (non-hydrogen) atoms. The van der Waals surface area contributed by atoms with Crippen LogP contribution in [0.4, 0.5) is 5.69 Å². The van der Waals surface area contributed by atoms with Gasteiger partial charge in [0, 0.05) is 42.1 Å². The van der Waals surface area contributed by atoms with E-state index in [4.69, 9.17) is 0 Å². The van der Waals surface area contributed by atoms with Crippen molar-refractivity contribution < 1.29 is 0 Å². The molecule has 0 unspecified atom stereocenters. The Balaban J connectivity index is 1.68. The van der Waals surface area contributed by atoms with Crippen LogP contribution in [-0.2, 0) is 0 Å². The van der Waals surface area contributed by atoms with Crippen molar-refractivity contribution in [1.29, 1.82) is 0 Å². The molecule has 2 aliphatic rings. The van der Waals surface area contributed by atoms with Crippen molar-refractivity contribution in [3.8, 4) is 0 Å². The van der Waals surface area contributed by atoms with Gasteiger partial charge in [-0.25, -0.2) is 0 Å². The van der Waals surface area contributed by atoms with Crippen LogP contribution < -0.4 is 10.3 Å². The lowest BCUT2D eigenvalue weighted by Gasteiger charge is -2.38. The van der Waals surface area contributed by atoms with E-state index in [0.717, 1.165) is 12.2 Å². The third-order valence-corrected chi connectivity index (χ3v) is 5.16. The Morgan fingerprint density at radius 1 is 1.15 bits per heavy atom. The number of aryl methyl sites for hydroxylation is 1. The number of hydrazine groups is 1. The first kappa shape index (κ1) is 16.7. The minimum atomic E-state index is 0.372. The van der Waals surface area contributed by atoms with Crippen LogP contribution in [0.1, 0.15) is 43.5 Å². The van der Waals surface area contributed by atoms with Crippen LogP contribution in [0.15, 0.2) is 60.7 Å². The third kappa shape index (κ3) is 2.96. The molecule has 0 saturated heterocycles. The van der Waals surface area contributed by atoms with E-state index in [2.05, 4.69) is 89.9 Å². The minimum Gasteiger partial charge on any atom is -0.344 e. The van der Waals surface area contributed by atoms with Gasteiger partial charge in [-0.3, -0.25) is 9.99 Å². The van der Waals surface area contributed by atoms with Crippen molar-refractivity contribution in [3.63, 3.8) is 0 Å². The van der Waals surface area contributed by atoms with Gasteiger partial charge in [-0.15, -0.1) is 0 Å². The largest absolute Gasteiger partial charge is 0.344 e. The summed E-state index contributed by atoms with van der Waals surface area (Å²) in [5, 5.41) is 2.25. The average molecular weight is 346 g/mol. The minimum absolute atomic E-state index is 0.372. The number of hydrogen-bond acceptors (Lipinski definition) is 4. The summed E-state index contributed by atoms with van der Waals surface area (Å²) in [6.45, 7) is 9.70. The van der Waals surface area contributed by atoms with E-state index in [9.17, 15) is 0 Å². The van der Waals surface area contributed by atoms with Gasteiger partial charge in [0.2, 0.25) is 0 Å². The second kappa shape index (κ2) is 6.52. The fourth-order valence-corrected chi connectivity index (χ4v) is 3.65. The number of benzene rings is 1. The molecule has 0 radical (unpaired) electrons. The van der Waals surface area contributed by atoms with Gasteiger partial charge in [0.1, 0.15) is 0 Å². The van der Waals surface area contributed by atoms with E-state index < -0.39 is 0 Å². The van der Waals surface area contributed by atoms with E-state index in [1.54, 1.807) is 0 Å². The summed E-state index contributed by atoms with van der Waals surface area (Å²) < 4.78 is 0. The third-order valence-electron chi connectivity index (χ3n) is 5.16. The van der Waals surface area contributed by atoms with E-state index in [1.165, 1.54) is 28.1 Å². The number of fused-ring (bicyclic) bond motifs is 1. The Bertz CT molecular complexity index is 864. The number of rotatable bonds is 3. The molecule has 0 saturated carbocycles.